The van der Waals surface area contributed by atoms with Gasteiger partial charge < -0.3 is 10.1 Å². The lowest BCUT2D eigenvalue weighted by Crippen LogP contribution is -2.21. The molecule has 1 aromatic carbocycles. The lowest BCUT2D eigenvalue weighted by molar-refractivity contribution is -0.143. The number of ether oxygens (including phenoxy) is 1. The van der Waals surface area contributed by atoms with Gasteiger partial charge in [0.25, 0.3) is 0 Å². The Kier molecular flexibility index (Phi) is 7.03. The standard InChI is InChI=1S/C14H20FNO2/c1-2-3-7-14(17)18-9-8-16-11-12-5-4-6-13(15)10-12/h4-6,10,16H,2-3,7-9,11H2,1H3. The van der Waals surface area contributed by atoms with Crippen LogP contribution in [0, 0.1) is 5.82 Å². The molecule has 0 aliphatic carbocycles. The molecular weight excluding hydrogens is 233 g/mol. The highest BCUT2D eigenvalue weighted by Crippen LogP contribution is 2.02. The fraction of sp³-hybridized carbons (Fsp3) is 0.500. The number of benzene rings is 1. The lowest BCUT2D eigenvalue weighted by Gasteiger charge is -2.06. The summed E-state index contributed by atoms with van der Waals surface area (Å²) in [4.78, 5) is 11.2. The first-order valence-corrected chi connectivity index (χ1v) is 6.33. The molecule has 0 saturated heterocycles. The Morgan fingerprint density at radius 2 is 2.28 bits per heavy atom. The van der Waals surface area contributed by atoms with Crippen molar-refractivity contribution in [2.24, 2.45) is 0 Å². The van der Waals surface area contributed by atoms with Crippen molar-refractivity contribution in [3.63, 3.8) is 0 Å². The van der Waals surface area contributed by atoms with Crippen LogP contribution < -0.4 is 5.32 Å². The maximum atomic E-state index is 12.9. The van der Waals surface area contributed by atoms with Crippen LogP contribution in [0.2, 0.25) is 0 Å². The summed E-state index contributed by atoms with van der Waals surface area (Å²) in [6, 6.07) is 6.43. The molecule has 18 heavy (non-hydrogen) atoms. The van der Waals surface area contributed by atoms with E-state index in [9.17, 15) is 9.18 Å². The van der Waals surface area contributed by atoms with Gasteiger partial charge in [-0.05, 0) is 24.1 Å². The molecule has 0 aliphatic heterocycles. The van der Waals surface area contributed by atoms with E-state index in [0.29, 0.717) is 26.1 Å². The Balaban J connectivity index is 2.07. The average Bonchev–Trinajstić information content (AvgIpc) is 2.36. The molecule has 0 spiro atoms. The maximum absolute atomic E-state index is 12.9. The van der Waals surface area contributed by atoms with Gasteiger partial charge in [-0.3, -0.25) is 4.79 Å². The van der Waals surface area contributed by atoms with E-state index in [1.807, 2.05) is 13.0 Å². The molecule has 1 aromatic rings. The molecule has 0 fully saturated rings. The molecule has 0 saturated carbocycles. The van der Waals surface area contributed by atoms with E-state index < -0.39 is 0 Å². The monoisotopic (exact) mass is 253 g/mol. The zero-order valence-corrected chi connectivity index (χ0v) is 10.7. The SMILES string of the molecule is CCCCC(=O)OCCNCc1cccc(F)c1. The Labute approximate surface area is 107 Å². The molecule has 0 aromatic heterocycles. The van der Waals surface area contributed by atoms with Crippen molar-refractivity contribution in [3.8, 4) is 0 Å². The quantitative estimate of drug-likeness (QED) is 0.572. The van der Waals surface area contributed by atoms with Crippen molar-refractivity contribution in [3.05, 3.63) is 35.6 Å². The van der Waals surface area contributed by atoms with Gasteiger partial charge in [-0.2, -0.15) is 0 Å². The van der Waals surface area contributed by atoms with Crippen molar-refractivity contribution in [1.29, 1.82) is 0 Å². The molecule has 0 atom stereocenters. The van der Waals surface area contributed by atoms with Crippen LogP contribution in [0.5, 0.6) is 0 Å². The third kappa shape index (κ3) is 6.35. The van der Waals surface area contributed by atoms with Crippen molar-refractivity contribution < 1.29 is 13.9 Å². The van der Waals surface area contributed by atoms with Crippen LogP contribution in [0.1, 0.15) is 31.7 Å². The van der Waals surface area contributed by atoms with Crippen LogP contribution >= 0.6 is 0 Å². The normalized spacial score (nSPS) is 10.3. The number of halogens is 1. The summed E-state index contributed by atoms with van der Waals surface area (Å²) in [6.07, 6.45) is 2.35. The second-order valence-corrected chi connectivity index (χ2v) is 4.13. The van der Waals surface area contributed by atoms with Gasteiger partial charge in [-0.1, -0.05) is 25.5 Å². The minimum Gasteiger partial charge on any atom is -0.464 e. The molecule has 4 heteroatoms. The predicted octanol–water partition coefficient (Wildman–Crippen LogP) is 2.65. The predicted molar refractivity (Wildman–Crippen MR) is 68.6 cm³/mol. The minimum atomic E-state index is -0.236. The van der Waals surface area contributed by atoms with Gasteiger partial charge in [0.15, 0.2) is 0 Å². The van der Waals surface area contributed by atoms with Gasteiger partial charge >= 0.3 is 5.97 Å². The highest BCUT2D eigenvalue weighted by Gasteiger charge is 2.01. The van der Waals surface area contributed by atoms with Crippen molar-refractivity contribution >= 4 is 5.97 Å². The summed E-state index contributed by atoms with van der Waals surface area (Å²) >= 11 is 0. The molecule has 0 amide bonds. The van der Waals surface area contributed by atoms with E-state index in [1.165, 1.54) is 12.1 Å². The summed E-state index contributed by atoms with van der Waals surface area (Å²) in [5.74, 6) is -0.385. The molecule has 0 unspecified atom stereocenters. The van der Waals surface area contributed by atoms with Gasteiger partial charge in [0.2, 0.25) is 0 Å². The van der Waals surface area contributed by atoms with E-state index in [-0.39, 0.29) is 11.8 Å². The van der Waals surface area contributed by atoms with Gasteiger partial charge in [0.05, 0.1) is 0 Å². The molecule has 1 N–H and O–H groups in total. The lowest BCUT2D eigenvalue weighted by atomic mass is 10.2. The van der Waals surface area contributed by atoms with Crippen LogP contribution in [0.4, 0.5) is 4.39 Å². The van der Waals surface area contributed by atoms with Crippen LogP contribution in [0.25, 0.3) is 0 Å². The molecule has 100 valence electrons. The van der Waals surface area contributed by atoms with Crippen molar-refractivity contribution in [2.45, 2.75) is 32.7 Å². The van der Waals surface area contributed by atoms with Crippen LogP contribution in [-0.2, 0) is 16.1 Å². The van der Waals surface area contributed by atoms with E-state index >= 15 is 0 Å². The largest absolute Gasteiger partial charge is 0.464 e. The molecule has 0 heterocycles. The van der Waals surface area contributed by atoms with Crippen LogP contribution in [0.15, 0.2) is 24.3 Å². The van der Waals surface area contributed by atoms with Gasteiger partial charge in [0.1, 0.15) is 12.4 Å². The number of hydrogen-bond acceptors (Lipinski definition) is 3. The number of unbranched alkanes of at least 4 members (excludes halogenated alkanes) is 1. The summed E-state index contributed by atoms with van der Waals surface area (Å²) < 4.78 is 17.9. The molecule has 0 bridgehead atoms. The summed E-state index contributed by atoms with van der Waals surface area (Å²) in [5, 5.41) is 3.10. The number of carbonyl (C=O) groups excluding carboxylic acids is 1. The Morgan fingerprint density at radius 1 is 1.44 bits per heavy atom. The first kappa shape index (κ1) is 14.6. The number of hydrogen-bond donors (Lipinski definition) is 1. The zero-order valence-electron chi connectivity index (χ0n) is 10.7. The van der Waals surface area contributed by atoms with Crippen molar-refractivity contribution in [2.75, 3.05) is 13.2 Å². The highest BCUT2D eigenvalue weighted by molar-refractivity contribution is 5.69. The first-order valence-electron chi connectivity index (χ1n) is 6.33. The van der Waals surface area contributed by atoms with Crippen LogP contribution in [0.3, 0.4) is 0 Å². The topological polar surface area (TPSA) is 38.3 Å². The van der Waals surface area contributed by atoms with E-state index in [4.69, 9.17) is 4.74 Å². The highest BCUT2D eigenvalue weighted by atomic mass is 19.1. The van der Waals surface area contributed by atoms with Crippen molar-refractivity contribution in [1.82, 2.24) is 5.32 Å². The smallest absolute Gasteiger partial charge is 0.305 e. The fourth-order valence-corrected chi connectivity index (χ4v) is 1.51. The second kappa shape index (κ2) is 8.64. The van der Waals surface area contributed by atoms with Crippen LogP contribution in [-0.4, -0.2) is 19.1 Å². The Morgan fingerprint density at radius 3 is 3.00 bits per heavy atom. The van der Waals surface area contributed by atoms with E-state index in [2.05, 4.69) is 5.32 Å². The Hall–Kier alpha value is -1.42. The molecular formula is C14H20FNO2. The number of nitrogens with one attached hydrogen (secondary N) is 1. The Bertz CT molecular complexity index is 369. The minimum absolute atomic E-state index is 0.149. The number of rotatable bonds is 8. The van der Waals surface area contributed by atoms with Gasteiger partial charge in [-0.15, -0.1) is 0 Å². The summed E-state index contributed by atoms with van der Waals surface area (Å²) in [6.45, 7) is 3.55. The number of carbonyl (C=O) groups is 1. The molecule has 0 radical (unpaired) electrons. The summed E-state index contributed by atoms with van der Waals surface area (Å²) in [7, 11) is 0. The van der Waals surface area contributed by atoms with Gasteiger partial charge in [-0.25, -0.2) is 4.39 Å². The number of esters is 1. The fourth-order valence-electron chi connectivity index (χ4n) is 1.51. The maximum Gasteiger partial charge on any atom is 0.305 e. The summed E-state index contributed by atoms with van der Waals surface area (Å²) in [5.41, 5.74) is 0.882. The average molecular weight is 253 g/mol. The molecule has 0 aliphatic rings. The third-order valence-electron chi connectivity index (χ3n) is 2.49. The van der Waals surface area contributed by atoms with Gasteiger partial charge in [0, 0.05) is 19.5 Å². The second-order valence-electron chi connectivity index (χ2n) is 4.13. The van der Waals surface area contributed by atoms with E-state index in [0.717, 1.165) is 18.4 Å². The molecule has 3 nitrogen and oxygen atoms in total. The third-order valence-corrected chi connectivity index (χ3v) is 2.49. The van der Waals surface area contributed by atoms with E-state index in [1.54, 1.807) is 6.07 Å². The zero-order chi connectivity index (χ0) is 13.2. The first-order chi connectivity index (χ1) is 8.72. The molecule has 1 rings (SSSR count).